The van der Waals surface area contributed by atoms with Crippen LogP contribution < -0.4 is 0 Å². The highest BCUT2D eigenvalue weighted by atomic mass is 79.9. The lowest BCUT2D eigenvalue weighted by atomic mass is 10.2. The summed E-state index contributed by atoms with van der Waals surface area (Å²) in [6, 6.07) is 4.23. The van der Waals surface area contributed by atoms with Crippen LogP contribution in [0.3, 0.4) is 0 Å². The minimum absolute atomic E-state index is 0.00656. The summed E-state index contributed by atoms with van der Waals surface area (Å²) in [5.74, 6) is 0.0626. The molecule has 1 fully saturated rings. The second kappa shape index (κ2) is 5.15. The van der Waals surface area contributed by atoms with Gasteiger partial charge in [0.1, 0.15) is 10.5 Å². The third-order valence-corrected chi connectivity index (χ3v) is 3.26. The Morgan fingerprint density at radius 3 is 2.81 bits per heavy atom. The van der Waals surface area contributed by atoms with Gasteiger partial charge in [0.15, 0.2) is 0 Å². The summed E-state index contributed by atoms with van der Waals surface area (Å²) in [4.78, 5) is 17.6. The summed E-state index contributed by atoms with van der Waals surface area (Å²) >= 11 is 8.88. The van der Waals surface area contributed by atoms with Gasteiger partial charge >= 0.3 is 0 Å². The van der Waals surface area contributed by atoms with E-state index in [1.165, 1.54) is 0 Å². The lowest BCUT2D eigenvalue weighted by Crippen LogP contribution is -2.33. The number of hydrogen-bond acceptors (Lipinski definition) is 2. The molecule has 0 atom stereocenters. The van der Waals surface area contributed by atoms with E-state index >= 15 is 0 Å². The van der Waals surface area contributed by atoms with E-state index in [2.05, 4.69) is 20.9 Å². The number of carbonyl (C=O) groups excluding carboxylic acids is 1. The first kappa shape index (κ1) is 11.9. The fraction of sp³-hybridized carbons (Fsp3) is 0.455. The molecule has 0 bridgehead atoms. The minimum Gasteiger partial charge on any atom is -0.334 e. The number of nitrogens with zero attached hydrogens (tertiary/aromatic N) is 2. The van der Waals surface area contributed by atoms with E-state index in [0.717, 1.165) is 23.0 Å². The van der Waals surface area contributed by atoms with Gasteiger partial charge in [0.05, 0.1) is 0 Å². The number of carbonyl (C=O) groups is 1. The van der Waals surface area contributed by atoms with E-state index in [4.69, 9.17) is 11.6 Å². The van der Waals surface area contributed by atoms with Gasteiger partial charge < -0.3 is 4.90 Å². The molecule has 0 aromatic carbocycles. The highest BCUT2D eigenvalue weighted by Gasteiger charge is 2.31. The molecule has 1 aliphatic carbocycles. The molecule has 0 N–H and O–H groups in total. The highest BCUT2D eigenvalue weighted by Crippen LogP contribution is 2.28. The van der Waals surface area contributed by atoms with E-state index < -0.39 is 0 Å². The van der Waals surface area contributed by atoms with Crippen molar-refractivity contribution in [2.75, 3.05) is 5.88 Å². The topological polar surface area (TPSA) is 33.2 Å². The largest absolute Gasteiger partial charge is 0.334 e. The Bertz CT molecular complexity index is 378. The van der Waals surface area contributed by atoms with Gasteiger partial charge in [-0.15, -0.1) is 11.6 Å². The van der Waals surface area contributed by atoms with Crippen LogP contribution in [0.25, 0.3) is 0 Å². The molecule has 2 rings (SSSR count). The molecule has 0 aliphatic heterocycles. The van der Waals surface area contributed by atoms with Crippen LogP contribution in [0.5, 0.6) is 0 Å². The average Bonchev–Trinajstić information content (AvgIpc) is 3.11. The fourth-order valence-corrected chi connectivity index (χ4v) is 1.97. The Morgan fingerprint density at radius 2 is 2.31 bits per heavy atom. The van der Waals surface area contributed by atoms with Crippen molar-refractivity contribution >= 4 is 33.4 Å². The van der Waals surface area contributed by atoms with Gasteiger partial charge in [0.25, 0.3) is 0 Å². The van der Waals surface area contributed by atoms with Crippen LogP contribution in [-0.4, -0.2) is 27.7 Å². The Balaban J connectivity index is 2.05. The molecule has 3 nitrogen and oxygen atoms in total. The molecule has 1 saturated carbocycles. The van der Waals surface area contributed by atoms with Crippen LogP contribution in [0.2, 0.25) is 0 Å². The van der Waals surface area contributed by atoms with Crippen LogP contribution in [-0.2, 0) is 11.3 Å². The van der Waals surface area contributed by atoms with Crippen molar-refractivity contribution in [3.05, 3.63) is 28.5 Å². The van der Waals surface area contributed by atoms with Gasteiger partial charge in [-0.1, -0.05) is 6.07 Å². The summed E-state index contributed by atoms with van der Waals surface area (Å²) in [6.07, 6.45) is 3.96. The van der Waals surface area contributed by atoms with E-state index in [1.54, 1.807) is 6.20 Å². The number of pyridine rings is 1. The second-order valence-electron chi connectivity index (χ2n) is 3.88. The molecular weight excluding hydrogens is 291 g/mol. The molecule has 1 heterocycles. The zero-order chi connectivity index (χ0) is 11.5. The van der Waals surface area contributed by atoms with Crippen LogP contribution >= 0.6 is 27.5 Å². The predicted molar refractivity (Wildman–Crippen MR) is 66.2 cm³/mol. The van der Waals surface area contributed by atoms with Crippen LogP contribution in [0.4, 0.5) is 0 Å². The predicted octanol–water partition coefficient (Wildman–Crippen LogP) is 2.57. The van der Waals surface area contributed by atoms with Crippen LogP contribution in [0.1, 0.15) is 18.4 Å². The molecule has 16 heavy (non-hydrogen) atoms. The van der Waals surface area contributed by atoms with E-state index in [9.17, 15) is 4.79 Å². The lowest BCUT2D eigenvalue weighted by Gasteiger charge is -2.21. The highest BCUT2D eigenvalue weighted by molar-refractivity contribution is 9.10. The number of rotatable bonds is 4. The molecule has 1 aromatic heterocycles. The van der Waals surface area contributed by atoms with E-state index in [-0.39, 0.29) is 11.8 Å². The molecule has 86 valence electrons. The number of alkyl halides is 1. The maximum Gasteiger partial charge on any atom is 0.238 e. The van der Waals surface area contributed by atoms with Crippen molar-refractivity contribution in [1.82, 2.24) is 9.88 Å². The fourth-order valence-electron chi connectivity index (χ4n) is 1.58. The standard InChI is InChI=1S/C11H12BrClN2O/c12-10-4-1-8(6-14-10)7-15(9-2-3-9)11(16)5-13/h1,4,6,9H,2-3,5,7H2. The van der Waals surface area contributed by atoms with Crippen molar-refractivity contribution in [2.24, 2.45) is 0 Å². The third kappa shape index (κ3) is 2.95. The first-order valence-electron chi connectivity index (χ1n) is 5.16. The minimum atomic E-state index is 0.00656. The Kier molecular flexibility index (Phi) is 3.82. The Morgan fingerprint density at radius 1 is 1.56 bits per heavy atom. The zero-order valence-corrected chi connectivity index (χ0v) is 11.0. The Labute approximate surface area is 108 Å². The second-order valence-corrected chi connectivity index (χ2v) is 4.96. The number of hydrogen-bond donors (Lipinski definition) is 0. The molecule has 1 aromatic rings. The van der Waals surface area contributed by atoms with Gasteiger partial charge in [0, 0.05) is 18.8 Å². The SMILES string of the molecule is O=C(CCl)N(Cc1ccc(Br)nc1)C1CC1. The molecule has 5 heteroatoms. The summed E-state index contributed by atoms with van der Waals surface area (Å²) < 4.78 is 0.804. The van der Waals surface area contributed by atoms with Crippen LogP contribution in [0, 0.1) is 0 Å². The van der Waals surface area contributed by atoms with E-state index in [1.807, 2.05) is 17.0 Å². The van der Waals surface area contributed by atoms with Crippen molar-refractivity contribution < 1.29 is 4.79 Å². The van der Waals surface area contributed by atoms with Crippen molar-refractivity contribution in [2.45, 2.75) is 25.4 Å². The monoisotopic (exact) mass is 302 g/mol. The van der Waals surface area contributed by atoms with Crippen molar-refractivity contribution in [3.63, 3.8) is 0 Å². The van der Waals surface area contributed by atoms with Gasteiger partial charge in [0.2, 0.25) is 5.91 Å². The first-order chi connectivity index (χ1) is 7.70. The molecule has 0 radical (unpaired) electrons. The third-order valence-electron chi connectivity index (χ3n) is 2.56. The molecule has 1 aliphatic rings. The summed E-state index contributed by atoms with van der Waals surface area (Å²) in [6.45, 7) is 0.608. The normalized spacial score (nSPS) is 14.9. The first-order valence-corrected chi connectivity index (χ1v) is 6.49. The van der Waals surface area contributed by atoms with Crippen LogP contribution in [0.15, 0.2) is 22.9 Å². The number of halogens is 2. The molecule has 0 unspecified atom stereocenters. The quantitative estimate of drug-likeness (QED) is 0.633. The van der Waals surface area contributed by atoms with Crippen molar-refractivity contribution in [3.8, 4) is 0 Å². The van der Waals surface area contributed by atoms with Gasteiger partial charge in [-0.05, 0) is 40.4 Å². The smallest absolute Gasteiger partial charge is 0.238 e. The summed E-state index contributed by atoms with van der Waals surface area (Å²) in [5.41, 5.74) is 1.04. The van der Waals surface area contributed by atoms with Gasteiger partial charge in [-0.3, -0.25) is 4.79 Å². The molecule has 0 saturated heterocycles. The van der Waals surface area contributed by atoms with Gasteiger partial charge in [-0.25, -0.2) is 4.98 Å². The zero-order valence-electron chi connectivity index (χ0n) is 8.70. The lowest BCUT2D eigenvalue weighted by molar-refractivity contribution is -0.129. The molecule has 1 amide bonds. The maximum absolute atomic E-state index is 11.6. The molecular formula is C11H12BrClN2O. The summed E-state index contributed by atoms with van der Waals surface area (Å²) in [7, 11) is 0. The van der Waals surface area contributed by atoms with E-state index in [0.29, 0.717) is 12.6 Å². The Hall–Kier alpha value is -0.610. The number of aromatic nitrogens is 1. The maximum atomic E-state index is 11.6. The molecule has 0 spiro atoms. The summed E-state index contributed by atoms with van der Waals surface area (Å²) in [5, 5.41) is 0. The number of amides is 1. The van der Waals surface area contributed by atoms with Crippen molar-refractivity contribution in [1.29, 1.82) is 0 Å². The average molecular weight is 304 g/mol. The van der Waals surface area contributed by atoms with Gasteiger partial charge in [-0.2, -0.15) is 0 Å².